The van der Waals surface area contributed by atoms with Crippen LogP contribution >= 0.6 is 0 Å². The van der Waals surface area contributed by atoms with E-state index in [1.165, 1.54) is 17.7 Å². The van der Waals surface area contributed by atoms with Gasteiger partial charge in [-0.15, -0.1) is 0 Å². The Labute approximate surface area is 151 Å². The van der Waals surface area contributed by atoms with Crippen LogP contribution in [0.5, 0.6) is 0 Å². The van der Waals surface area contributed by atoms with Gasteiger partial charge >= 0.3 is 0 Å². The van der Waals surface area contributed by atoms with Gasteiger partial charge in [0.15, 0.2) is 5.82 Å². The van der Waals surface area contributed by atoms with Crippen molar-refractivity contribution in [2.24, 2.45) is 0 Å². The molecule has 3 rings (SSSR count). The molecule has 1 N–H and O–H groups in total. The maximum atomic E-state index is 13.0. The van der Waals surface area contributed by atoms with E-state index in [1.807, 2.05) is 25.3 Å². The number of aromatic nitrogens is 3. The van der Waals surface area contributed by atoms with E-state index in [-0.39, 0.29) is 17.6 Å². The lowest BCUT2D eigenvalue weighted by Gasteiger charge is -2.11. The van der Waals surface area contributed by atoms with Crippen molar-refractivity contribution in [2.75, 3.05) is 5.32 Å². The molecular formula is C20H21FN4O. The monoisotopic (exact) mass is 352 g/mol. The predicted molar refractivity (Wildman–Crippen MR) is 98.2 cm³/mol. The molecule has 0 aliphatic carbocycles. The van der Waals surface area contributed by atoms with Gasteiger partial charge in [-0.2, -0.15) is 5.10 Å². The summed E-state index contributed by atoms with van der Waals surface area (Å²) in [6, 6.07) is 12.0. The van der Waals surface area contributed by atoms with Gasteiger partial charge in [-0.05, 0) is 47.7 Å². The maximum Gasteiger partial charge on any atom is 0.226 e. The Morgan fingerprint density at radius 1 is 1.15 bits per heavy atom. The quantitative estimate of drug-likeness (QED) is 0.704. The zero-order valence-corrected chi connectivity index (χ0v) is 14.6. The minimum Gasteiger partial charge on any atom is -0.309 e. The summed E-state index contributed by atoms with van der Waals surface area (Å²) in [5.74, 6) is 0.157. The minimum absolute atomic E-state index is 0.00405. The van der Waals surface area contributed by atoms with Crippen LogP contribution in [0, 0.1) is 5.82 Å². The van der Waals surface area contributed by atoms with Crippen LogP contribution in [0.4, 0.5) is 10.2 Å². The van der Waals surface area contributed by atoms with Gasteiger partial charge in [0.05, 0.1) is 0 Å². The molecular weight excluding hydrogens is 331 g/mol. The molecule has 0 saturated heterocycles. The Balaban J connectivity index is 1.50. The van der Waals surface area contributed by atoms with Gasteiger partial charge in [-0.1, -0.05) is 19.1 Å². The van der Waals surface area contributed by atoms with Gasteiger partial charge < -0.3 is 5.32 Å². The van der Waals surface area contributed by atoms with E-state index in [1.54, 1.807) is 35.3 Å². The van der Waals surface area contributed by atoms with Crippen LogP contribution in [0.3, 0.4) is 0 Å². The van der Waals surface area contributed by atoms with Gasteiger partial charge in [-0.3, -0.25) is 14.5 Å². The Morgan fingerprint density at radius 3 is 2.62 bits per heavy atom. The summed E-state index contributed by atoms with van der Waals surface area (Å²) in [6.07, 6.45) is 6.55. The first-order valence-electron chi connectivity index (χ1n) is 8.58. The number of benzene rings is 1. The van der Waals surface area contributed by atoms with E-state index < -0.39 is 0 Å². The Morgan fingerprint density at radius 2 is 1.88 bits per heavy atom. The first-order valence-corrected chi connectivity index (χ1v) is 8.58. The van der Waals surface area contributed by atoms with Gasteiger partial charge in [0, 0.05) is 37.6 Å². The van der Waals surface area contributed by atoms with Crippen LogP contribution in [0.15, 0.2) is 61.1 Å². The summed E-state index contributed by atoms with van der Waals surface area (Å²) in [6.45, 7) is 2.67. The van der Waals surface area contributed by atoms with Crippen LogP contribution < -0.4 is 5.32 Å². The van der Waals surface area contributed by atoms with E-state index in [0.717, 1.165) is 18.5 Å². The highest BCUT2D eigenvalue weighted by Crippen LogP contribution is 2.20. The molecule has 0 spiro atoms. The highest BCUT2D eigenvalue weighted by atomic mass is 19.1. The van der Waals surface area contributed by atoms with Crippen molar-refractivity contribution >= 4 is 11.7 Å². The highest BCUT2D eigenvalue weighted by Gasteiger charge is 2.12. The van der Waals surface area contributed by atoms with Crippen molar-refractivity contribution in [2.45, 2.75) is 32.2 Å². The summed E-state index contributed by atoms with van der Waals surface area (Å²) in [4.78, 5) is 16.2. The van der Waals surface area contributed by atoms with Gasteiger partial charge in [-0.25, -0.2) is 4.39 Å². The number of nitrogens with zero attached hydrogens (tertiary/aromatic N) is 3. The number of aryl methyl sites for hydroxylation is 2. The molecule has 0 fully saturated rings. The number of hydrogen-bond acceptors (Lipinski definition) is 3. The van der Waals surface area contributed by atoms with E-state index in [0.29, 0.717) is 12.2 Å². The van der Waals surface area contributed by atoms with Crippen molar-refractivity contribution < 1.29 is 9.18 Å². The standard InChI is InChI=1S/C20H21FN4O/c1-15(17-2-4-18(21)5-3-17)14-20(26)23-19-9-13-25(24-19)12-8-16-6-10-22-11-7-16/h2-7,9-11,13,15H,8,12,14H2,1H3,(H,23,24,26)/t15-/m0/s1. The van der Waals surface area contributed by atoms with E-state index in [9.17, 15) is 9.18 Å². The number of amides is 1. The number of halogens is 1. The normalized spacial score (nSPS) is 11.9. The SMILES string of the molecule is C[C@@H](CC(=O)Nc1ccn(CCc2ccncc2)n1)c1ccc(F)cc1. The fraction of sp³-hybridized carbons (Fsp3) is 0.250. The second kappa shape index (κ2) is 8.38. The molecule has 1 atom stereocenters. The molecule has 2 aromatic heterocycles. The minimum atomic E-state index is -0.275. The zero-order chi connectivity index (χ0) is 18.4. The molecule has 3 aromatic rings. The lowest BCUT2D eigenvalue weighted by Crippen LogP contribution is -2.15. The Kier molecular flexibility index (Phi) is 5.73. The van der Waals surface area contributed by atoms with Crippen LogP contribution in [0.2, 0.25) is 0 Å². The highest BCUT2D eigenvalue weighted by molar-refractivity contribution is 5.90. The van der Waals surface area contributed by atoms with E-state index in [4.69, 9.17) is 0 Å². The third kappa shape index (κ3) is 4.99. The number of nitrogens with one attached hydrogen (secondary N) is 1. The van der Waals surface area contributed by atoms with Crippen molar-refractivity contribution in [1.82, 2.24) is 14.8 Å². The lowest BCUT2D eigenvalue weighted by atomic mass is 9.97. The number of rotatable bonds is 7. The third-order valence-electron chi connectivity index (χ3n) is 4.22. The van der Waals surface area contributed by atoms with Crippen LogP contribution in [0.25, 0.3) is 0 Å². The smallest absolute Gasteiger partial charge is 0.226 e. The number of hydrogen-bond donors (Lipinski definition) is 1. The lowest BCUT2D eigenvalue weighted by molar-refractivity contribution is -0.116. The summed E-state index contributed by atoms with van der Waals surface area (Å²) in [5.41, 5.74) is 2.12. The molecule has 1 amide bonds. The molecule has 6 heteroatoms. The van der Waals surface area contributed by atoms with E-state index >= 15 is 0 Å². The maximum absolute atomic E-state index is 13.0. The number of carbonyl (C=O) groups excluding carboxylic acids is 1. The van der Waals surface area contributed by atoms with Gasteiger partial charge in [0.2, 0.25) is 5.91 Å². The summed E-state index contributed by atoms with van der Waals surface area (Å²) in [5, 5.41) is 7.19. The molecule has 0 aliphatic rings. The molecule has 1 aromatic carbocycles. The second-order valence-corrected chi connectivity index (χ2v) is 6.27. The first-order chi connectivity index (χ1) is 12.6. The average molecular weight is 352 g/mol. The van der Waals surface area contributed by atoms with Gasteiger partial charge in [0.25, 0.3) is 0 Å². The number of pyridine rings is 1. The van der Waals surface area contributed by atoms with Crippen molar-refractivity contribution in [3.8, 4) is 0 Å². The molecule has 0 saturated carbocycles. The predicted octanol–water partition coefficient (Wildman–Crippen LogP) is 3.79. The van der Waals surface area contributed by atoms with Crippen LogP contribution in [-0.4, -0.2) is 20.7 Å². The average Bonchev–Trinajstić information content (AvgIpc) is 3.08. The Hall–Kier alpha value is -3.02. The fourth-order valence-electron chi connectivity index (χ4n) is 2.73. The van der Waals surface area contributed by atoms with Crippen molar-refractivity contribution in [3.63, 3.8) is 0 Å². The molecule has 0 bridgehead atoms. The molecule has 2 heterocycles. The molecule has 0 radical (unpaired) electrons. The molecule has 26 heavy (non-hydrogen) atoms. The van der Waals surface area contributed by atoms with Gasteiger partial charge in [0.1, 0.15) is 5.82 Å². The van der Waals surface area contributed by atoms with Crippen molar-refractivity contribution in [3.05, 3.63) is 78.0 Å². The largest absolute Gasteiger partial charge is 0.309 e. The molecule has 134 valence electrons. The van der Waals surface area contributed by atoms with Crippen LogP contribution in [0.1, 0.15) is 30.4 Å². The molecule has 0 aliphatic heterocycles. The summed E-state index contributed by atoms with van der Waals surface area (Å²) >= 11 is 0. The Bertz CT molecular complexity index is 846. The summed E-state index contributed by atoms with van der Waals surface area (Å²) in [7, 11) is 0. The van der Waals surface area contributed by atoms with E-state index in [2.05, 4.69) is 15.4 Å². The number of anilines is 1. The fourth-order valence-corrected chi connectivity index (χ4v) is 2.73. The van der Waals surface area contributed by atoms with Crippen LogP contribution in [-0.2, 0) is 17.8 Å². The summed E-state index contributed by atoms with van der Waals surface area (Å²) < 4.78 is 14.8. The topological polar surface area (TPSA) is 59.8 Å². The first kappa shape index (κ1) is 17.8. The second-order valence-electron chi connectivity index (χ2n) is 6.27. The zero-order valence-electron chi connectivity index (χ0n) is 14.6. The molecule has 5 nitrogen and oxygen atoms in total. The van der Waals surface area contributed by atoms with Crippen molar-refractivity contribution in [1.29, 1.82) is 0 Å². The third-order valence-corrected chi connectivity index (χ3v) is 4.22. The number of carbonyl (C=O) groups is 1. The molecule has 0 unspecified atom stereocenters.